The Labute approximate surface area is 132 Å². The Kier molecular flexibility index (Phi) is 4.46. The molecule has 0 aliphatic rings. The van der Waals surface area contributed by atoms with Gasteiger partial charge in [-0.1, -0.05) is 29.5 Å². The molecular weight excluding hydrogens is 302 g/mol. The first kappa shape index (κ1) is 16.0. The van der Waals surface area contributed by atoms with E-state index >= 15 is 0 Å². The Morgan fingerprint density at radius 2 is 1.95 bits per heavy atom. The third-order valence-corrected chi connectivity index (χ3v) is 3.52. The van der Waals surface area contributed by atoms with Crippen molar-refractivity contribution >= 4 is 28.5 Å². The van der Waals surface area contributed by atoms with Crippen LogP contribution in [0, 0.1) is 0 Å². The summed E-state index contributed by atoms with van der Waals surface area (Å²) in [5, 5.41) is 2.96. The molecule has 0 spiro atoms. The van der Waals surface area contributed by atoms with Crippen LogP contribution in [-0.2, 0) is 4.74 Å². The number of aromatic nitrogens is 1. The van der Waals surface area contributed by atoms with Crippen LogP contribution in [-0.4, -0.2) is 22.6 Å². The van der Waals surface area contributed by atoms with Crippen molar-refractivity contribution in [3.8, 4) is 10.4 Å². The van der Waals surface area contributed by atoms with Gasteiger partial charge in [-0.25, -0.2) is 9.78 Å². The number of nitrogens with zero attached hydrogens (tertiary/aromatic N) is 1. The van der Waals surface area contributed by atoms with Crippen LogP contribution in [0.3, 0.4) is 0 Å². The maximum atomic E-state index is 11.7. The van der Waals surface area contributed by atoms with Crippen molar-refractivity contribution < 1.29 is 14.3 Å². The number of nitrogens with two attached hydrogens (primary N) is 1. The van der Waals surface area contributed by atoms with Crippen molar-refractivity contribution in [2.45, 2.75) is 26.4 Å². The largest absolute Gasteiger partial charge is 0.444 e. The summed E-state index contributed by atoms with van der Waals surface area (Å²) in [5.41, 5.74) is 5.88. The Bertz CT molecular complexity index is 704. The molecule has 0 bridgehead atoms. The second-order valence-electron chi connectivity index (χ2n) is 5.57. The number of thiazole rings is 1. The van der Waals surface area contributed by atoms with Gasteiger partial charge < -0.3 is 10.5 Å². The maximum absolute atomic E-state index is 11.7. The van der Waals surface area contributed by atoms with Crippen LogP contribution in [0.1, 0.15) is 31.1 Å². The van der Waals surface area contributed by atoms with Crippen molar-refractivity contribution in [2.75, 3.05) is 5.32 Å². The molecule has 0 saturated carbocycles. The molecule has 1 heterocycles. The molecule has 6 nitrogen and oxygen atoms in total. The zero-order valence-electron chi connectivity index (χ0n) is 12.5. The Morgan fingerprint density at radius 1 is 1.27 bits per heavy atom. The van der Waals surface area contributed by atoms with E-state index < -0.39 is 17.6 Å². The monoisotopic (exact) mass is 319 g/mol. The lowest BCUT2D eigenvalue weighted by atomic mass is 10.1. The Morgan fingerprint density at radius 3 is 2.59 bits per heavy atom. The molecule has 1 aromatic heterocycles. The molecule has 3 N–H and O–H groups in total. The summed E-state index contributed by atoms with van der Waals surface area (Å²) in [5.74, 6) is -0.509. The van der Waals surface area contributed by atoms with Gasteiger partial charge in [0.05, 0.1) is 4.88 Å². The predicted octanol–water partition coefficient (Wildman–Crippen LogP) is 3.26. The zero-order valence-corrected chi connectivity index (χ0v) is 13.4. The molecule has 2 amide bonds. The van der Waals surface area contributed by atoms with Crippen LogP contribution in [0.15, 0.2) is 30.5 Å². The van der Waals surface area contributed by atoms with Crippen LogP contribution in [0.4, 0.5) is 9.93 Å². The summed E-state index contributed by atoms with van der Waals surface area (Å²) < 4.78 is 5.16. The fraction of sp³-hybridized carbons (Fsp3) is 0.267. The minimum absolute atomic E-state index is 0.392. The first-order valence-corrected chi connectivity index (χ1v) is 7.43. The van der Waals surface area contributed by atoms with Crippen LogP contribution in [0.25, 0.3) is 10.4 Å². The summed E-state index contributed by atoms with van der Waals surface area (Å²) >= 11 is 1.24. The molecule has 2 rings (SSSR count). The highest BCUT2D eigenvalue weighted by Crippen LogP contribution is 2.31. The van der Waals surface area contributed by atoms with E-state index in [0.29, 0.717) is 16.3 Å². The summed E-state index contributed by atoms with van der Waals surface area (Å²) in [4.78, 5) is 28.0. The fourth-order valence-corrected chi connectivity index (χ4v) is 2.60. The molecule has 0 unspecified atom stereocenters. The minimum Gasteiger partial charge on any atom is -0.444 e. The highest BCUT2D eigenvalue weighted by atomic mass is 32.1. The van der Waals surface area contributed by atoms with Gasteiger partial charge in [0.1, 0.15) is 5.60 Å². The third kappa shape index (κ3) is 4.05. The number of benzene rings is 1. The number of amides is 2. The molecule has 116 valence electrons. The van der Waals surface area contributed by atoms with Crippen molar-refractivity contribution in [2.24, 2.45) is 5.73 Å². The first-order valence-electron chi connectivity index (χ1n) is 6.61. The molecule has 0 aliphatic heterocycles. The number of anilines is 1. The number of rotatable bonds is 3. The zero-order chi connectivity index (χ0) is 16.3. The second-order valence-corrected chi connectivity index (χ2v) is 6.60. The van der Waals surface area contributed by atoms with Gasteiger partial charge in [0.25, 0.3) is 0 Å². The number of hydrogen-bond acceptors (Lipinski definition) is 5. The van der Waals surface area contributed by atoms with E-state index in [1.54, 1.807) is 45.2 Å². The predicted molar refractivity (Wildman–Crippen MR) is 85.9 cm³/mol. The average molecular weight is 319 g/mol. The molecule has 7 heteroatoms. The molecule has 0 radical (unpaired) electrons. The smallest absolute Gasteiger partial charge is 0.413 e. The topological polar surface area (TPSA) is 94.3 Å². The van der Waals surface area contributed by atoms with Crippen molar-refractivity contribution in [1.29, 1.82) is 0 Å². The molecule has 1 aromatic carbocycles. The average Bonchev–Trinajstić information content (AvgIpc) is 2.84. The lowest BCUT2D eigenvalue weighted by Crippen LogP contribution is -2.27. The number of nitrogens with one attached hydrogen (secondary N) is 1. The van der Waals surface area contributed by atoms with Gasteiger partial charge in [0.15, 0.2) is 5.13 Å². The number of primary amides is 1. The highest BCUT2D eigenvalue weighted by Gasteiger charge is 2.18. The third-order valence-electron chi connectivity index (χ3n) is 2.57. The van der Waals surface area contributed by atoms with Crippen LogP contribution < -0.4 is 11.1 Å². The minimum atomic E-state index is -0.581. The van der Waals surface area contributed by atoms with Crippen molar-refractivity contribution in [3.05, 3.63) is 36.0 Å². The van der Waals surface area contributed by atoms with Gasteiger partial charge in [-0.15, -0.1) is 0 Å². The van der Waals surface area contributed by atoms with Crippen molar-refractivity contribution in [1.82, 2.24) is 4.98 Å². The van der Waals surface area contributed by atoms with Gasteiger partial charge in [-0.2, -0.15) is 0 Å². The number of carbonyl (C=O) groups is 2. The number of ether oxygens (including phenoxy) is 1. The molecule has 2 aromatic rings. The Hall–Kier alpha value is -2.41. The molecule has 0 fully saturated rings. The van der Waals surface area contributed by atoms with Gasteiger partial charge in [-0.3, -0.25) is 10.1 Å². The fourth-order valence-electron chi connectivity index (χ4n) is 1.76. The highest BCUT2D eigenvalue weighted by molar-refractivity contribution is 7.19. The van der Waals surface area contributed by atoms with Gasteiger partial charge in [-0.05, 0) is 26.8 Å². The van der Waals surface area contributed by atoms with E-state index in [4.69, 9.17) is 10.5 Å². The lowest BCUT2D eigenvalue weighted by molar-refractivity contribution is 0.0635. The number of carbonyl (C=O) groups excluding carboxylic acids is 2. The van der Waals surface area contributed by atoms with Gasteiger partial charge in [0, 0.05) is 17.3 Å². The quantitative estimate of drug-likeness (QED) is 0.908. The number of hydrogen-bond donors (Lipinski definition) is 2. The summed E-state index contributed by atoms with van der Waals surface area (Å²) in [6.45, 7) is 5.34. The van der Waals surface area contributed by atoms with E-state index in [1.165, 1.54) is 11.3 Å². The van der Waals surface area contributed by atoms with E-state index in [-0.39, 0.29) is 0 Å². The molecular formula is C15H17N3O3S. The summed E-state index contributed by atoms with van der Waals surface area (Å²) in [6.07, 6.45) is 1.01. The standard InChI is InChI=1S/C15H17N3O3S/c1-15(2,3)21-14(20)18-13-17-8-11(22-13)9-6-4-5-7-10(9)12(16)19/h4-8H,1-3H3,(H2,16,19)(H,17,18,20). The van der Waals surface area contributed by atoms with E-state index in [9.17, 15) is 9.59 Å². The van der Waals surface area contributed by atoms with E-state index in [1.807, 2.05) is 6.07 Å². The normalized spacial score (nSPS) is 11.0. The van der Waals surface area contributed by atoms with E-state index in [0.717, 1.165) is 4.88 Å². The lowest BCUT2D eigenvalue weighted by Gasteiger charge is -2.18. The summed E-state index contributed by atoms with van der Waals surface area (Å²) in [7, 11) is 0. The molecule has 22 heavy (non-hydrogen) atoms. The summed E-state index contributed by atoms with van der Waals surface area (Å²) in [6, 6.07) is 6.98. The molecule has 0 atom stereocenters. The SMILES string of the molecule is CC(C)(C)OC(=O)Nc1ncc(-c2ccccc2C(N)=O)s1. The van der Waals surface area contributed by atoms with Crippen LogP contribution in [0.2, 0.25) is 0 Å². The maximum Gasteiger partial charge on any atom is 0.413 e. The first-order chi connectivity index (χ1) is 10.3. The van der Waals surface area contributed by atoms with Crippen LogP contribution in [0.5, 0.6) is 0 Å². The van der Waals surface area contributed by atoms with Crippen molar-refractivity contribution in [3.63, 3.8) is 0 Å². The molecule has 0 saturated heterocycles. The van der Waals surface area contributed by atoms with Gasteiger partial charge in [0.2, 0.25) is 5.91 Å². The van der Waals surface area contributed by atoms with Gasteiger partial charge >= 0.3 is 6.09 Å². The van der Waals surface area contributed by atoms with E-state index in [2.05, 4.69) is 10.3 Å². The Balaban J connectivity index is 2.19. The van der Waals surface area contributed by atoms with Crippen LogP contribution >= 0.6 is 11.3 Å². The second kappa shape index (κ2) is 6.15. The molecule has 0 aliphatic carbocycles.